The van der Waals surface area contributed by atoms with Crippen LogP contribution in [0.1, 0.15) is 16.1 Å². The third kappa shape index (κ3) is 3.81. The van der Waals surface area contributed by atoms with Crippen molar-refractivity contribution in [3.05, 3.63) is 53.7 Å². The summed E-state index contributed by atoms with van der Waals surface area (Å²) in [5.41, 5.74) is 0.899. The smallest absolute Gasteiger partial charge is 0.260 e. The van der Waals surface area contributed by atoms with Gasteiger partial charge in [0.05, 0.1) is 12.7 Å². The summed E-state index contributed by atoms with van der Waals surface area (Å²) < 4.78 is 5.15. The Balaban J connectivity index is 2.20. The lowest BCUT2D eigenvalue weighted by molar-refractivity contribution is 0.102. The number of hydrogen-bond donors (Lipinski definition) is 2. The minimum absolute atomic E-state index is 0.237. The maximum absolute atomic E-state index is 12.2. The van der Waals surface area contributed by atoms with E-state index in [1.807, 2.05) is 0 Å². The summed E-state index contributed by atoms with van der Waals surface area (Å²) in [6.07, 6.45) is 0. The van der Waals surface area contributed by atoms with E-state index in [9.17, 15) is 4.79 Å². The molecule has 0 fully saturated rings. The Kier molecular flexibility index (Phi) is 4.91. The number of carbonyl (C=O) groups is 1. The minimum atomic E-state index is -0.313. The van der Waals surface area contributed by atoms with Gasteiger partial charge >= 0.3 is 0 Å². The molecule has 2 N–H and O–H groups in total. The van der Waals surface area contributed by atoms with Crippen molar-refractivity contribution in [3.8, 4) is 17.6 Å². The van der Waals surface area contributed by atoms with Gasteiger partial charge in [-0.25, -0.2) is 4.98 Å². The molecule has 5 heteroatoms. The monoisotopic (exact) mass is 282 g/mol. The number of amides is 1. The second kappa shape index (κ2) is 7.08. The van der Waals surface area contributed by atoms with Gasteiger partial charge in [-0.1, -0.05) is 24.1 Å². The number of carbonyl (C=O) groups excluding carboxylic acids is 1. The van der Waals surface area contributed by atoms with Crippen LogP contribution in [0, 0.1) is 11.8 Å². The topological polar surface area (TPSA) is 71.5 Å². The average Bonchev–Trinajstić information content (AvgIpc) is 2.53. The lowest BCUT2D eigenvalue weighted by Crippen LogP contribution is -2.14. The van der Waals surface area contributed by atoms with Crippen LogP contribution in [0.3, 0.4) is 0 Å². The van der Waals surface area contributed by atoms with E-state index in [0.29, 0.717) is 22.8 Å². The van der Waals surface area contributed by atoms with Gasteiger partial charge in [-0.15, -0.1) is 0 Å². The zero-order valence-corrected chi connectivity index (χ0v) is 11.5. The van der Waals surface area contributed by atoms with Crippen LogP contribution in [-0.2, 0) is 0 Å². The Bertz CT molecular complexity index is 702. The zero-order valence-electron chi connectivity index (χ0n) is 11.5. The third-order valence-electron chi connectivity index (χ3n) is 2.64. The number of para-hydroxylation sites is 1. The predicted octanol–water partition coefficient (Wildman–Crippen LogP) is 1.69. The molecule has 1 aromatic heterocycles. The fraction of sp³-hybridized carbons (Fsp3) is 0.125. The Labute approximate surface area is 122 Å². The van der Waals surface area contributed by atoms with Crippen molar-refractivity contribution in [3.63, 3.8) is 0 Å². The molecule has 1 amide bonds. The molecule has 2 rings (SSSR count). The van der Waals surface area contributed by atoms with Crippen LogP contribution in [0.25, 0.3) is 0 Å². The van der Waals surface area contributed by atoms with Crippen LogP contribution in [0.2, 0.25) is 0 Å². The number of benzene rings is 1. The average molecular weight is 282 g/mol. The first-order chi connectivity index (χ1) is 10.2. The van der Waals surface area contributed by atoms with E-state index in [4.69, 9.17) is 9.84 Å². The zero-order chi connectivity index (χ0) is 15.1. The fourth-order valence-corrected chi connectivity index (χ4v) is 1.72. The van der Waals surface area contributed by atoms with Crippen molar-refractivity contribution in [2.45, 2.75) is 0 Å². The van der Waals surface area contributed by atoms with Crippen molar-refractivity contribution in [1.29, 1.82) is 0 Å². The van der Waals surface area contributed by atoms with Crippen molar-refractivity contribution in [2.75, 3.05) is 19.0 Å². The SMILES string of the molecule is COc1ccccc1C(=O)Nc1cccc(C#CCO)n1. The normalized spacial score (nSPS) is 9.43. The van der Waals surface area contributed by atoms with Gasteiger partial charge in [-0.3, -0.25) is 4.79 Å². The van der Waals surface area contributed by atoms with E-state index < -0.39 is 0 Å². The summed E-state index contributed by atoms with van der Waals surface area (Å²) >= 11 is 0. The summed E-state index contributed by atoms with van der Waals surface area (Å²) in [6, 6.07) is 12.0. The molecular formula is C16H14N2O3. The molecule has 0 unspecified atom stereocenters. The fourth-order valence-electron chi connectivity index (χ4n) is 1.72. The van der Waals surface area contributed by atoms with Gasteiger partial charge in [0.1, 0.15) is 23.9 Å². The Morgan fingerprint density at radius 1 is 1.29 bits per heavy atom. The van der Waals surface area contributed by atoms with Crippen LogP contribution in [0.15, 0.2) is 42.5 Å². The highest BCUT2D eigenvalue weighted by atomic mass is 16.5. The molecule has 0 aliphatic heterocycles. The number of aliphatic hydroxyl groups excluding tert-OH is 1. The molecule has 0 atom stereocenters. The van der Waals surface area contributed by atoms with Gasteiger partial charge in [0.25, 0.3) is 5.91 Å². The number of pyridine rings is 1. The number of nitrogens with one attached hydrogen (secondary N) is 1. The van der Waals surface area contributed by atoms with Gasteiger partial charge < -0.3 is 15.2 Å². The van der Waals surface area contributed by atoms with E-state index in [-0.39, 0.29) is 12.5 Å². The number of hydrogen-bond acceptors (Lipinski definition) is 4. The lowest BCUT2D eigenvalue weighted by Gasteiger charge is -2.08. The Hall–Kier alpha value is -2.84. The quantitative estimate of drug-likeness (QED) is 0.840. The Morgan fingerprint density at radius 3 is 2.86 bits per heavy atom. The van der Waals surface area contributed by atoms with Crippen LogP contribution in [-0.4, -0.2) is 29.7 Å². The summed E-state index contributed by atoms with van der Waals surface area (Å²) in [5, 5.41) is 11.4. The third-order valence-corrected chi connectivity index (χ3v) is 2.64. The molecular weight excluding hydrogens is 268 g/mol. The van der Waals surface area contributed by atoms with Crippen LogP contribution < -0.4 is 10.1 Å². The standard InChI is InChI=1S/C16H14N2O3/c1-21-14-9-3-2-8-13(14)16(20)18-15-10-4-6-12(17-15)7-5-11-19/h2-4,6,8-10,19H,11H2,1H3,(H,17,18,20). The van der Waals surface area contributed by atoms with E-state index in [0.717, 1.165) is 0 Å². The van der Waals surface area contributed by atoms with Crippen LogP contribution >= 0.6 is 0 Å². The number of aromatic nitrogens is 1. The van der Waals surface area contributed by atoms with Crippen LogP contribution in [0.4, 0.5) is 5.82 Å². The second-order valence-electron chi connectivity index (χ2n) is 4.02. The number of ether oxygens (including phenoxy) is 1. The summed E-state index contributed by atoms with van der Waals surface area (Å²) in [6.45, 7) is -0.237. The molecule has 0 aliphatic rings. The molecule has 0 spiro atoms. The molecule has 0 radical (unpaired) electrons. The maximum atomic E-state index is 12.2. The van der Waals surface area contributed by atoms with Crippen molar-refractivity contribution in [2.24, 2.45) is 0 Å². The van der Waals surface area contributed by atoms with Crippen LogP contribution in [0.5, 0.6) is 5.75 Å². The molecule has 0 bridgehead atoms. The number of aliphatic hydroxyl groups is 1. The first-order valence-electron chi connectivity index (χ1n) is 6.25. The largest absolute Gasteiger partial charge is 0.496 e. The minimum Gasteiger partial charge on any atom is -0.496 e. The molecule has 2 aromatic rings. The van der Waals surface area contributed by atoms with Gasteiger partial charge in [0.2, 0.25) is 0 Å². The number of anilines is 1. The van der Waals surface area contributed by atoms with Gasteiger partial charge in [-0.2, -0.15) is 0 Å². The Morgan fingerprint density at radius 2 is 2.10 bits per heavy atom. The van der Waals surface area contributed by atoms with Crippen molar-refractivity contribution >= 4 is 11.7 Å². The maximum Gasteiger partial charge on any atom is 0.260 e. The molecule has 1 aromatic carbocycles. The number of nitrogens with zero attached hydrogens (tertiary/aromatic N) is 1. The first kappa shape index (κ1) is 14.6. The molecule has 1 heterocycles. The first-order valence-corrected chi connectivity index (χ1v) is 6.25. The van der Waals surface area contributed by atoms with E-state index >= 15 is 0 Å². The lowest BCUT2D eigenvalue weighted by atomic mass is 10.2. The van der Waals surface area contributed by atoms with Gasteiger partial charge in [-0.05, 0) is 30.2 Å². The molecule has 21 heavy (non-hydrogen) atoms. The molecule has 0 saturated heterocycles. The van der Waals surface area contributed by atoms with E-state index in [1.54, 1.807) is 42.5 Å². The van der Waals surface area contributed by atoms with Crippen molar-refractivity contribution in [1.82, 2.24) is 4.98 Å². The van der Waals surface area contributed by atoms with Crippen molar-refractivity contribution < 1.29 is 14.6 Å². The predicted molar refractivity (Wildman–Crippen MR) is 79.1 cm³/mol. The molecule has 0 saturated carbocycles. The highest BCUT2D eigenvalue weighted by Crippen LogP contribution is 2.18. The highest BCUT2D eigenvalue weighted by Gasteiger charge is 2.12. The highest BCUT2D eigenvalue weighted by molar-refractivity contribution is 6.05. The number of methoxy groups -OCH3 is 1. The molecule has 0 aliphatic carbocycles. The second-order valence-corrected chi connectivity index (χ2v) is 4.02. The summed E-state index contributed by atoms with van der Waals surface area (Å²) in [5.74, 6) is 5.75. The molecule has 106 valence electrons. The number of rotatable bonds is 3. The van der Waals surface area contributed by atoms with Gasteiger partial charge in [0.15, 0.2) is 0 Å². The van der Waals surface area contributed by atoms with E-state index in [1.165, 1.54) is 7.11 Å². The molecule has 5 nitrogen and oxygen atoms in total. The summed E-state index contributed by atoms with van der Waals surface area (Å²) in [7, 11) is 1.51. The van der Waals surface area contributed by atoms with Gasteiger partial charge in [0, 0.05) is 0 Å². The van der Waals surface area contributed by atoms with E-state index in [2.05, 4.69) is 22.1 Å². The summed E-state index contributed by atoms with van der Waals surface area (Å²) in [4.78, 5) is 16.4.